The predicted molar refractivity (Wildman–Crippen MR) is 76.4 cm³/mol. The lowest BCUT2D eigenvalue weighted by molar-refractivity contribution is 0.317. The molecule has 1 unspecified atom stereocenters. The molecule has 3 nitrogen and oxygen atoms in total. The number of rotatable bonds is 3. The summed E-state index contributed by atoms with van der Waals surface area (Å²) in [7, 11) is 0. The monoisotopic (exact) mass is 261 g/mol. The van der Waals surface area contributed by atoms with Crippen molar-refractivity contribution in [3.8, 4) is 0 Å². The lowest BCUT2D eigenvalue weighted by Crippen LogP contribution is -2.33. The summed E-state index contributed by atoms with van der Waals surface area (Å²) in [5.74, 6) is 0.659. The van der Waals surface area contributed by atoms with E-state index in [1.807, 2.05) is 13.0 Å². The van der Waals surface area contributed by atoms with Gasteiger partial charge in [0, 0.05) is 18.3 Å². The van der Waals surface area contributed by atoms with Gasteiger partial charge < -0.3 is 10.2 Å². The molecule has 19 heavy (non-hydrogen) atoms. The maximum atomic E-state index is 12.9. The molecule has 1 atom stereocenters. The van der Waals surface area contributed by atoms with Gasteiger partial charge in [0.2, 0.25) is 0 Å². The molecule has 1 aliphatic heterocycles. The van der Waals surface area contributed by atoms with E-state index in [4.69, 9.17) is 0 Å². The second-order valence-corrected chi connectivity index (χ2v) is 5.03. The number of aliphatic imine (C=N–C) groups is 1. The van der Waals surface area contributed by atoms with Crippen molar-refractivity contribution < 1.29 is 4.39 Å². The first-order valence-electron chi connectivity index (χ1n) is 6.56. The van der Waals surface area contributed by atoms with Crippen LogP contribution < -0.4 is 5.32 Å². The van der Waals surface area contributed by atoms with E-state index in [2.05, 4.69) is 35.3 Å². The van der Waals surface area contributed by atoms with Gasteiger partial charge in [0.25, 0.3) is 0 Å². The summed E-state index contributed by atoms with van der Waals surface area (Å²) in [6, 6.07) is 7.10. The van der Waals surface area contributed by atoms with E-state index in [9.17, 15) is 4.39 Å². The molecule has 0 amide bonds. The van der Waals surface area contributed by atoms with E-state index in [-0.39, 0.29) is 11.9 Å². The van der Waals surface area contributed by atoms with E-state index < -0.39 is 0 Å². The van der Waals surface area contributed by atoms with Crippen LogP contribution in [0.4, 0.5) is 4.39 Å². The van der Waals surface area contributed by atoms with Crippen molar-refractivity contribution in [3.63, 3.8) is 0 Å². The summed E-state index contributed by atoms with van der Waals surface area (Å²) in [5.41, 5.74) is 1.05. The van der Waals surface area contributed by atoms with Crippen LogP contribution in [0, 0.1) is 5.82 Å². The molecule has 0 bridgehead atoms. The molecule has 0 radical (unpaired) electrons. The van der Waals surface area contributed by atoms with Gasteiger partial charge in [-0.1, -0.05) is 12.1 Å². The van der Waals surface area contributed by atoms with Crippen molar-refractivity contribution >= 4 is 5.84 Å². The zero-order valence-corrected chi connectivity index (χ0v) is 11.6. The van der Waals surface area contributed by atoms with Crippen molar-refractivity contribution in [2.24, 2.45) is 4.99 Å². The SMILES string of the molecule is CC(NC1=NCN(C(C)C)C=C1)c1ccc(F)cc1. The molecule has 0 aromatic heterocycles. The van der Waals surface area contributed by atoms with Gasteiger partial charge in [0.05, 0.1) is 0 Å². The molecule has 0 spiro atoms. The maximum absolute atomic E-state index is 12.9. The first-order chi connectivity index (χ1) is 9.06. The van der Waals surface area contributed by atoms with Gasteiger partial charge in [0.1, 0.15) is 18.3 Å². The molecule has 1 aliphatic rings. The molecule has 102 valence electrons. The van der Waals surface area contributed by atoms with Crippen LogP contribution >= 0.6 is 0 Å². The summed E-state index contributed by atoms with van der Waals surface area (Å²) in [4.78, 5) is 6.65. The van der Waals surface area contributed by atoms with Gasteiger partial charge in [-0.15, -0.1) is 0 Å². The van der Waals surface area contributed by atoms with Gasteiger partial charge in [-0.25, -0.2) is 9.38 Å². The summed E-state index contributed by atoms with van der Waals surface area (Å²) in [5, 5.41) is 3.33. The van der Waals surface area contributed by atoms with Gasteiger partial charge >= 0.3 is 0 Å². The third-order valence-electron chi connectivity index (χ3n) is 3.23. The van der Waals surface area contributed by atoms with Crippen molar-refractivity contribution in [1.82, 2.24) is 10.2 Å². The fourth-order valence-electron chi connectivity index (χ4n) is 1.91. The number of nitrogens with one attached hydrogen (secondary N) is 1. The van der Waals surface area contributed by atoms with Crippen LogP contribution in [0.25, 0.3) is 0 Å². The Hall–Kier alpha value is -1.84. The lowest BCUT2D eigenvalue weighted by Gasteiger charge is -2.27. The van der Waals surface area contributed by atoms with Crippen LogP contribution in [0.2, 0.25) is 0 Å². The second kappa shape index (κ2) is 5.87. The summed E-state index contributed by atoms with van der Waals surface area (Å²) < 4.78 is 12.9. The van der Waals surface area contributed by atoms with E-state index in [1.165, 1.54) is 12.1 Å². The van der Waals surface area contributed by atoms with E-state index in [0.717, 1.165) is 11.4 Å². The highest BCUT2D eigenvalue weighted by Gasteiger charge is 2.11. The highest BCUT2D eigenvalue weighted by Crippen LogP contribution is 2.13. The Balaban J connectivity index is 1.95. The van der Waals surface area contributed by atoms with Crippen molar-refractivity contribution in [3.05, 3.63) is 47.9 Å². The third kappa shape index (κ3) is 3.56. The standard InChI is InChI=1S/C15H20FN3/c1-11(2)19-9-8-15(17-10-19)18-12(3)13-4-6-14(16)7-5-13/h4-9,11-12H,10H2,1-3H3,(H,17,18). The molecular weight excluding hydrogens is 241 g/mol. The van der Waals surface area contributed by atoms with Crippen LogP contribution in [-0.4, -0.2) is 23.4 Å². The van der Waals surface area contributed by atoms with Crippen molar-refractivity contribution in [1.29, 1.82) is 0 Å². The highest BCUT2D eigenvalue weighted by atomic mass is 19.1. The number of hydrogen-bond donors (Lipinski definition) is 1. The first-order valence-corrected chi connectivity index (χ1v) is 6.56. The number of nitrogens with zero attached hydrogens (tertiary/aromatic N) is 2. The molecule has 0 saturated carbocycles. The van der Waals surface area contributed by atoms with Crippen LogP contribution in [0.1, 0.15) is 32.4 Å². The largest absolute Gasteiger partial charge is 0.364 e. The quantitative estimate of drug-likeness (QED) is 0.905. The molecule has 1 aromatic rings. The Labute approximate surface area is 113 Å². The van der Waals surface area contributed by atoms with Crippen LogP contribution in [0.15, 0.2) is 41.5 Å². The first kappa shape index (κ1) is 13.6. The summed E-state index contributed by atoms with van der Waals surface area (Å²) >= 11 is 0. The average Bonchev–Trinajstić information content (AvgIpc) is 2.40. The Bertz CT molecular complexity index is 477. The zero-order chi connectivity index (χ0) is 13.8. The van der Waals surface area contributed by atoms with Gasteiger partial charge in [-0.05, 0) is 44.5 Å². The van der Waals surface area contributed by atoms with Gasteiger partial charge in [-0.3, -0.25) is 0 Å². The minimum absolute atomic E-state index is 0.106. The van der Waals surface area contributed by atoms with Crippen LogP contribution in [0.3, 0.4) is 0 Å². The maximum Gasteiger partial charge on any atom is 0.124 e. The van der Waals surface area contributed by atoms with Gasteiger partial charge in [-0.2, -0.15) is 0 Å². The van der Waals surface area contributed by atoms with E-state index in [1.54, 1.807) is 12.1 Å². The van der Waals surface area contributed by atoms with Crippen LogP contribution in [-0.2, 0) is 0 Å². The Morgan fingerprint density at radius 3 is 2.42 bits per heavy atom. The van der Waals surface area contributed by atoms with Crippen LogP contribution in [0.5, 0.6) is 0 Å². The Kier molecular flexibility index (Phi) is 4.20. The zero-order valence-electron chi connectivity index (χ0n) is 11.6. The topological polar surface area (TPSA) is 27.6 Å². The number of halogens is 1. The molecule has 4 heteroatoms. The summed E-state index contributed by atoms with van der Waals surface area (Å²) in [6.07, 6.45) is 4.03. The molecule has 0 aliphatic carbocycles. The predicted octanol–water partition coefficient (Wildman–Crippen LogP) is 3.07. The normalized spacial score (nSPS) is 16.5. The van der Waals surface area contributed by atoms with E-state index in [0.29, 0.717) is 12.7 Å². The molecule has 0 fully saturated rings. The van der Waals surface area contributed by atoms with Crippen molar-refractivity contribution in [2.45, 2.75) is 32.9 Å². The Morgan fingerprint density at radius 1 is 1.21 bits per heavy atom. The minimum Gasteiger partial charge on any atom is -0.364 e. The van der Waals surface area contributed by atoms with Crippen molar-refractivity contribution in [2.75, 3.05) is 6.67 Å². The second-order valence-electron chi connectivity index (χ2n) is 5.03. The third-order valence-corrected chi connectivity index (χ3v) is 3.23. The van der Waals surface area contributed by atoms with Gasteiger partial charge in [0.15, 0.2) is 0 Å². The highest BCUT2D eigenvalue weighted by molar-refractivity contribution is 5.93. The fourth-order valence-corrected chi connectivity index (χ4v) is 1.91. The molecule has 1 N–H and O–H groups in total. The number of benzene rings is 1. The molecule has 1 aromatic carbocycles. The molecular formula is C15H20FN3. The summed E-state index contributed by atoms with van der Waals surface area (Å²) in [6.45, 7) is 6.99. The molecule has 0 saturated heterocycles. The average molecular weight is 261 g/mol. The molecule has 1 heterocycles. The smallest absolute Gasteiger partial charge is 0.124 e. The fraction of sp³-hybridized carbons (Fsp3) is 0.400. The number of hydrogen-bond acceptors (Lipinski definition) is 3. The minimum atomic E-state index is -0.210. The Morgan fingerprint density at radius 2 is 1.89 bits per heavy atom. The molecule has 2 rings (SSSR count). The lowest BCUT2D eigenvalue weighted by atomic mass is 10.1. The van der Waals surface area contributed by atoms with E-state index >= 15 is 0 Å². The number of amidine groups is 1.